The van der Waals surface area contributed by atoms with Gasteiger partial charge in [-0.1, -0.05) is 18.2 Å². The highest BCUT2D eigenvalue weighted by Crippen LogP contribution is 2.22. The zero-order valence-corrected chi connectivity index (χ0v) is 17.0. The number of nitrogens with zero attached hydrogens (tertiary/aromatic N) is 1. The Labute approximate surface area is 173 Å². The highest BCUT2D eigenvalue weighted by atomic mass is 32.2. The number of amides is 2. The predicted molar refractivity (Wildman–Crippen MR) is 111 cm³/mol. The fourth-order valence-electron chi connectivity index (χ4n) is 3.19. The molecule has 2 aromatic rings. The molecule has 2 aromatic carbocycles. The Kier molecular flexibility index (Phi) is 7.62. The normalized spacial score (nSPS) is 15.5. The first-order chi connectivity index (χ1) is 14.1. The van der Waals surface area contributed by atoms with Crippen molar-refractivity contribution in [2.45, 2.75) is 10.9 Å². The van der Waals surface area contributed by atoms with Crippen LogP contribution in [-0.2, 0) is 14.3 Å². The summed E-state index contributed by atoms with van der Waals surface area (Å²) in [5.41, 5.74) is 1.45. The number of ether oxygens (including phenoxy) is 1. The van der Waals surface area contributed by atoms with E-state index in [9.17, 15) is 14.0 Å². The van der Waals surface area contributed by atoms with Gasteiger partial charge in [-0.2, -0.15) is 0 Å². The van der Waals surface area contributed by atoms with Crippen LogP contribution >= 0.6 is 11.8 Å². The number of rotatable bonds is 6. The minimum atomic E-state index is -0.719. The van der Waals surface area contributed by atoms with E-state index < -0.39 is 11.8 Å². The second-order valence-corrected chi connectivity index (χ2v) is 7.49. The molecule has 6 nitrogen and oxygen atoms in total. The molecule has 1 fully saturated rings. The van der Waals surface area contributed by atoms with Crippen molar-refractivity contribution in [1.82, 2.24) is 10.2 Å². The number of halogens is 1. The van der Waals surface area contributed by atoms with E-state index in [4.69, 9.17) is 4.74 Å². The molecule has 2 N–H and O–H groups in total. The summed E-state index contributed by atoms with van der Waals surface area (Å²) in [7, 11) is 0. The number of thioether (sulfide) groups is 1. The maximum Gasteiger partial charge on any atom is 0.313 e. The quantitative estimate of drug-likeness (QED) is 0.559. The lowest BCUT2D eigenvalue weighted by Gasteiger charge is -2.34. The number of carbonyl (C=O) groups is 2. The van der Waals surface area contributed by atoms with Crippen molar-refractivity contribution in [3.8, 4) is 0 Å². The van der Waals surface area contributed by atoms with Crippen LogP contribution in [0.4, 0.5) is 10.1 Å². The van der Waals surface area contributed by atoms with E-state index in [-0.39, 0.29) is 18.4 Å². The molecule has 0 aliphatic carbocycles. The third-order valence-electron chi connectivity index (χ3n) is 4.73. The summed E-state index contributed by atoms with van der Waals surface area (Å²) in [4.78, 5) is 27.8. The molecule has 1 atom stereocenters. The molecule has 0 bridgehead atoms. The minimum Gasteiger partial charge on any atom is -0.379 e. The molecular weight excluding hydrogens is 393 g/mol. The number of hydrogen-bond donors (Lipinski definition) is 2. The first-order valence-electron chi connectivity index (χ1n) is 9.37. The van der Waals surface area contributed by atoms with E-state index in [1.807, 2.05) is 24.5 Å². The monoisotopic (exact) mass is 417 g/mol. The molecule has 1 saturated heterocycles. The first kappa shape index (κ1) is 21.3. The van der Waals surface area contributed by atoms with Crippen LogP contribution in [0.2, 0.25) is 0 Å². The molecule has 1 aliphatic heterocycles. The standard InChI is InChI=1S/C21H24FN3O3S/c1-29-18-4-2-3-17(13-18)24-21(27)20(26)23-14-19(25-9-11-28-12-10-25)15-5-7-16(22)8-6-15/h2-8,13,19H,9-12,14H2,1H3,(H,23,26)(H,24,27)/t19-/m0/s1. The molecule has 154 valence electrons. The van der Waals surface area contributed by atoms with Gasteiger partial charge in [-0.25, -0.2) is 4.39 Å². The van der Waals surface area contributed by atoms with Crippen molar-refractivity contribution in [2.75, 3.05) is 44.4 Å². The smallest absolute Gasteiger partial charge is 0.313 e. The van der Waals surface area contributed by atoms with E-state index in [2.05, 4.69) is 15.5 Å². The van der Waals surface area contributed by atoms with Gasteiger partial charge in [-0.15, -0.1) is 11.8 Å². The van der Waals surface area contributed by atoms with Gasteiger partial charge in [0.25, 0.3) is 0 Å². The lowest BCUT2D eigenvalue weighted by molar-refractivity contribution is -0.136. The van der Waals surface area contributed by atoms with Gasteiger partial charge >= 0.3 is 11.8 Å². The lowest BCUT2D eigenvalue weighted by Crippen LogP contribution is -2.45. The maximum atomic E-state index is 13.3. The van der Waals surface area contributed by atoms with Crippen LogP contribution in [0.25, 0.3) is 0 Å². The van der Waals surface area contributed by atoms with Crippen LogP contribution in [-0.4, -0.2) is 55.8 Å². The summed E-state index contributed by atoms with van der Waals surface area (Å²) >= 11 is 1.55. The topological polar surface area (TPSA) is 70.7 Å². The van der Waals surface area contributed by atoms with Gasteiger partial charge in [0.05, 0.1) is 19.3 Å². The number of hydrogen-bond acceptors (Lipinski definition) is 5. The zero-order valence-electron chi connectivity index (χ0n) is 16.2. The number of morpholine rings is 1. The molecule has 0 aromatic heterocycles. The van der Waals surface area contributed by atoms with E-state index in [1.54, 1.807) is 30.0 Å². The maximum absolute atomic E-state index is 13.3. The molecular formula is C21H24FN3O3S. The van der Waals surface area contributed by atoms with Gasteiger partial charge in [-0.3, -0.25) is 14.5 Å². The first-order valence-corrected chi connectivity index (χ1v) is 10.6. The molecule has 0 saturated carbocycles. The third kappa shape index (κ3) is 6.03. The van der Waals surface area contributed by atoms with Gasteiger partial charge in [-0.05, 0) is 42.2 Å². The largest absolute Gasteiger partial charge is 0.379 e. The van der Waals surface area contributed by atoms with Crippen LogP contribution in [0, 0.1) is 5.82 Å². The summed E-state index contributed by atoms with van der Waals surface area (Å²) in [6.45, 7) is 2.83. The Morgan fingerprint density at radius 2 is 1.86 bits per heavy atom. The Balaban J connectivity index is 1.63. The van der Waals surface area contributed by atoms with Gasteiger partial charge in [0.1, 0.15) is 5.82 Å². The lowest BCUT2D eigenvalue weighted by atomic mass is 10.0. The molecule has 2 amide bonds. The van der Waals surface area contributed by atoms with Crippen molar-refractivity contribution in [2.24, 2.45) is 0 Å². The highest BCUT2D eigenvalue weighted by Gasteiger charge is 2.24. The molecule has 29 heavy (non-hydrogen) atoms. The molecule has 8 heteroatoms. The van der Waals surface area contributed by atoms with Crippen molar-refractivity contribution >= 4 is 29.3 Å². The molecule has 1 aliphatic rings. The Morgan fingerprint density at radius 1 is 1.14 bits per heavy atom. The highest BCUT2D eigenvalue weighted by molar-refractivity contribution is 7.98. The Bertz CT molecular complexity index is 841. The fraction of sp³-hybridized carbons (Fsp3) is 0.333. The molecule has 3 rings (SSSR count). The molecule has 0 radical (unpaired) electrons. The van der Waals surface area contributed by atoms with E-state index in [0.717, 1.165) is 10.5 Å². The van der Waals surface area contributed by atoms with Gasteiger partial charge in [0.2, 0.25) is 0 Å². The van der Waals surface area contributed by atoms with Gasteiger partial charge in [0.15, 0.2) is 0 Å². The summed E-state index contributed by atoms with van der Waals surface area (Å²) in [5.74, 6) is -1.74. The second-order valence-electron chi connectivity index (χ2n) is 6.61. The predicted octanol–water partition coefficient (Wildman–Crippen LogP) is 2.68. The minimum absolute atomic E-state index is 0.170. The second kappa shape index (κ2) is 10.4. The SMILES string of the molecule is CSc1cccc(NC(=O)C(=O)NC[C@@H](c2ccc(F)cc2)N2CCOCC2)c1. The average molecular weight is 418 g/mol. The van der Waals surface area contributed by atoms with E-state index in [1.165, 1.54) is 12.1 Å². The Morgan fingerprint density at radius 3 is 2.55 bits per heavy atom. The van der Waals surface area contributed by atoms with Crippen LogP contribution < -0.4 is 10.6 Å². The number of anilines is 1. The number of nitrogens with one attached hydrogen (secondary N) is 2. The molecule has 0 spiro atoms. The van der Waals surface area contributed by atoms with Crippen molar-refractivity contribution in [1.29, 1.82) is 0 Å². The van der Waals surface area contributed by atoms with Gasteiger partial charge < -0.3 is 15.4 Å². The van der Waals surface area contributed by atoms with Crippen molar-refractivity contribution < 1.29 is 18.7 Å². The summed E-state index contributed by atoms with van der Waals surface area (Å²) in [5, 5.41) is 5.33. The molecule has 1 heterocycles. The van der Waals surface area contributed by atoms with Crippen LogP contribution in [0.5, 0.6) is 0 Å². The van der Waals surface area contributed by atoms with Crippen LogP contribution in [0.15, 0.2) is 53.4 Å². The summed E-state index contributed by atoms with van der Waals surface area (Å²) < 4.78 is 18.7. The van der Waals surface area contributed by atoms with E-state index >= 15 is 0 Å². The number of benzene rings is 2. The van der Waals surface area contributed by atoms with Crippen molar-refractivity contribution in [3.63, 3.8) is 0 Å². The number of carbonyl (C=O) groups excluding carboxylic acids is 2. The van der Waals surface area contributed by atoms with E-state index in [0.29, 0.717) is 32.0 Å². The summed E-state index contributed by atoms with van der Waals surface area (Å²) in [6.07, 6.45) is 1.94. The van der Waals surface area contributed by atoms with Gasteiger partial charge in [0, 0.05) is 30.2 Å². The Hall–Kier alpha value is -2.42. The fourth-order valence-corrected chi connectivity index (χ4v) is 3.65. The summed E-state index contributed by atoms with van der Waals surface area (Å²) in [6, 6.07) is 13.3. The third-order valence-corrected chi connectivity index (χ3v) is 5.46. The van der Waals surface area contributed by atoms with Crippen molar-refractivity contribution in [3.05, 3.63) is 59.9 Å². The molecule has 0 unspecified atom stereocenters. The van der Waals surface area contributed by atoms with Crippen LogP contribution in [0.3, 0.4) is 0 Å². The van der Waals surface area contributed by atoms with Crippen LogP contribution in [0.1, 0.15) is 11.6 Å². The zero-order chi connectivity index (χ0) is 20.6. The average Bonchev–Trinajstić information content (AvgIpc) is 2.75.